The highest BCUT2D eigenvalue weighted by molar-refractivity contribution is 5.98. The SMILES string of the molecule is COc1cccc(C(=O)N2CC[C@H](Oc3cc(C(F)(F)F)ccn3)C2)c1OC. The number of hydrogen-bond acceptors (Lipinski definition) is 5. The third kappa shape index (κ3) is 4.13. The van der Waals surface area contributed by atoms with Crippen molar-refractivity contribution in [2.75, 3.05) is 27.3 Å². The van der Waals surface area contributed by atoms with E-state index in [-0.39, 0.29) is 18.3 Å². The fourth-order valence-electron chi connectivity index (χ4n) is 3.06. The Balaban J connectivity index is 1.70. The van der Waals surface area contributed by atoms with E-state index in [1.54, 1.807) is 23.1 Å². The molecule has 0 N–H and O–H groups in total. The molecule has 1 aromatic heterocycles. The highest BCUT2D eigenvalue weighted by Crippen LogP contribution is 2.33. The zero-order valence-corrected chi connectivity index (χ0v) is 15.3. The molecule has 1 aliphatic rings. The molecule has 0 bridgehead atoms. The largest absolute Gasteiger partial charge is 0.493 e. The molecule has 2 aromatic rings. The third-order valence-electron chi connectivity index (χ3n) is 4.42. The molecule has 28 heavy (non-hydrogen) atoms. The number of pyridine rings is 1. The van der Waals surface area contributed by atoms with Gasteiger partial charge in [0.1, 0.15) is 6.10 Å². The first kappa shape index (κ1) is 19.8. The van der Waals surface area contributed by atoms with E-state index in [1.807, 2.05) is 0 Å². The molecule has 0 saturated carbocycles. The summed E-state index contributed by atoms with van der Waals surface area (Å²) in [6.45, 7) is 0.639. The molecule has 1 aromatic carbocycles. The number of nitrogens with zero attached hydrogens (tertiary/aromatic N) is 2. The number of carbonyl (C=O) groups is 1. The second-order valence-electron chi connectivity index (χ2n) is 6.20. The maximum absolute atomic E-state index is 12.8. The van der Waals surface area contributed by atoms with E-state index in [1.165, 1.54) is 14.2 Å². The van der Waals surface area contributed by atoms with Gasteiger partial charge in [-0.25, -0.2) is 4.98 Å². The molecule has 0 radical (unpaired) electrons. The van der Waals surface area contributed by atoms with Crippen LogP contribution in [0.2, 0.25) is 0 Å². The Kier molecular flexibility index (Phi) is 5.62. The quantitative estimate of drug-likeness (QED) is 0.775. The lowest BCUT2D eigenvalue weighted by Crippen LogP contribution is -2.31. The van der Waals surface area contributed by atoms with Crippen LogP contribution < -0.4 is 14.2 Å². The number of alkyl halides is 3. The lowest BCUT2D eigenvalue weighted by atomic mass is 10.1. The maximum Gasteiger partial charge on any atom is 0.416 e. The molecule has 9 heteroatoms. The van der Waals surface area contributed by atoms with E-state index >= 15 is 0 Å². The number of methoxy groups -OCH3 is 2. The predicted octanol–water partition coefficient (Wildman–Crippen LogP) is 3.41. The van der Waals surface area contributed by atoms with Crippen molar-refractivity contribution < 1.29 is 32.2 Å². The zero-order valence-electron chi connectivity index (χ0n) is 15.3. The number of halogens is 3. The molecule has 150 valence electrons. The molecule has 2 heterocycles. The molecule has 6 nitrogen and oxygen atoms in total. The molecular weight excluding hydrogens is 377 g/mol. The summed E-state index contributed by atoms with van der Waals surface area (Å²) >= 11 is 0. The molecular formula is C19H19F3N2O4. The number of para-hydroxylation sites is 1. The van der Waals surface area contributed by atoms with Gasteiger partial charge in [0.05, 0.1) is 31.9 Å². The lowest BCUT2D eigenvalue weighted by Gasteiger charge is -2.19. The number of amides is 1. The van der Waals surface area contributed by atoms with Crippen LogP contribution in [0.1, 0.15) is 22.3 Å². The van der Waals surface area contributed by atoms with E-state index in [0.717, 1.165) is 18.3 Å². The molecule has 1 saturated heterocycles. The van der Waals surface area contributed by atoms with Gasteiger partial charge in [-0.2, -0.15) is 13.2 Å². The van der Waals surface area contributed by atoms with E-state index in [2.05, 4.69) is 4.98 Å². The Hall–Kier alpha value is -2.97. The number of likely N-dealkylation sites (tertiary alicyclic amines) is 1. The van der Waals surface area contributed by atoms with Gasteiger partial charge < -0.3 is 19.1 Å². The fourth-order valence-corrected chi connectivity index (χ4v) is 3.06. The second kappa shape index (κ2) is 7.95. The summed E-state index contributed by atoms with van der Waals surface area (Å²) in [6, 6.07) is 6.74. The van der Waals surface area contributed by atoms with E-state index in [9.17, 15) is 18.0 Å². The minimum Gasteiger partial charge on any atom is -0.493 e. The first-order chi connectivity index (χ1) is 13.3. The number of rotatable bonds is 5. The van der Waals surface area contributed by atoms with Crippen LogP contribution in [0.15, 0.2) is 36.5 Å². The molecule has 3 rings (SSSR count). The first-order valence-electron chi connectivity index (χ1n) is 8.53. The summed E-state index contributed by atoms with van der Waals surface area (Å²) < 4.78 is 54.5. The van der Waals surface area contributed by atoms with E-state index < -0.39 is 17.8 Å². The van der Waals surface area contributed by atoms with Crippen molar-refractivity contribution in [2.24, 2.45) is 0 Å². The molecule has 0 aliphatic carbocycles. The number of ether oxygens (including phenoxy) is 3. The van der Waals surface area contributed by atoms with Crippen LogP contribution in [0.3, 0.4) is 0 Å². The van der Waals surface area contributed by atoms with Crippen molar-refractivity contribution >= 4 is 5.91 Å². The topological polar surface area (TPSA) is 60.9 Å². The van der Waals surface area contributed by atoms with Crippen molar-refractivity contribution in [1.82, 2.24) is 9.88 Å². The van der Waals surface area contributed by atoms with Crippen LogP contribution in [0, 0.1) is 0 Å². The fraction of sp³-hybridized carbons (Fsp3) is 0.368. The van der Waals surface area contributed by atoms with E-state index in [4.69, 9.17) is 14.2 Å². The molecule has 1 amide bonds. The van der Waals surface area contributed by atoms with Crippen molar-refractivity contribution in [3.05, 3.63) is 47.7 Å². The molecule has 1 aliphatic heterocycles. The number of hydrogen-bond donors (Lipinski definition) is 0. The Morgan fingerprint density at radius 3 is 2.68 bits per heavy atom. The monoisotopic (exact) mass is 396 g/mol. The smallest absolute Gasteiger partial charge is 0.416 e. The Labute approximate surface area is 159 Å². The molecule has 0 spiro atoms. The van der Waals surface area contributed by atoms with Gasteiger partial charge in [0.2, 0.25) is 5.88 Å². The van der Waals surface area contributed by atoms with Crippen molar-refractivity contribution in [3.63, 3.8) is 0 Å². The Morgan fingerprint density at radius 1 is 1.21 bits per heavy atom. The van der Waals surface area contributed by atoms with Gasteiger partial charge in [-0.3, -0.25) is 4.79 Å². The lowest BCUT2D eigenvalue weighted by molar-refractivity contribution is -0.137. The summed E-state index contributed by atoms with van der Waals surface area (Å²) in [5.41, 5.74) is -0.482. The summed E-state index contributed by atoms with van der Waals surface area (Å²) in [5, 5.41) is 0. The van der Waals surface area contributed by atoms with Crippen LogP contribution in [0.25, 0.3) is 0 Å². The van der Waals surface area contributed by atoms with Gasteiger partial charge in [-0.15, -0.1) is 0 Å². The van der Waals surface area contributed by atoms with Gasteiger partial charge >= 0.3 is 6.18 Å². The standard InChI is InChI=1S/C19H19F3N2O4/c1-26-15-5-3-4-14(17(15)27-2)18(25)24-9-7-13(11-24)28-16-10-12(6-8-23-16)19(20,21)22/h3-6,8,10,13H,7,9,11H2,1-2H3/t13-/m0/s1. The van der Waals surface area contributed by atoms with Crippen LogP contribution in [0.5, 0.6) is 17.4 Å². The van der Waals surface area contributed by atoms with Gasteiger partial charge in [-0.1, -0.05) is 6.07 Å². The van der Waals surface area contributed by atoms with Crippen molar-refractivity contribution in [3.8, 4) is 17.4 Å². The highest BCUT2D eigenvalue weighted by atomic mass is 19.4. The Morgan fingerprint density at radius 2 is 2.00 bits per heavy atom. The maximum atomic E-state index is 12.8. The minimum atomic E-state index is -4.47. The van der Waals surface area contributed by atoms with E-state index in [0.29, 0.717) is 30.0 Å². The normalized spacial score (nSPS) is 16.8. The summed E-state index contributed by atoms with van der Waals surface area (Å²) in [5.74, 6) is 0.388. The highest BCUT2D eigenvalue weighted by Gasteiger charge is 2.33. The summed E-state index contributed by atoms with van der Waals surface area (Å²) in [7, 11) is 2.93. The van der Waals surface area contributed by atoms with Gasteiger partial charge in [0.15, 0.2) is 11.5 Å². The number of benzene rings is 1. The van der Waals surface area contributed by atoms with Crippen molar-refractivity contribution in [2.45, 2.75) is 18.7 Å². The zero-order chi connectivity index (χ0) is 20.3. The van der Waals surface area contributed by atoms with Crippen LogP contribution >= 0.6 is 0 Å². The van der Waals surface area contributed by atoms with Crippen LogP contribution in [-0.2, 0) is 6.18 Å². The van der Waals surface area contributed by atoms with Gasteiger partial charge in [0.25, 0.3) is 5.91 Å². The average molecular weight is 396 g/mol. The summed E-state index contributed by atoms with van der Waals surface area (Å²) in [4.78, 5) is 18.2. The minimum absolute atomic E-state index is 0.118. The van der Waals surface area contributed by atoms with Crippen LogP contribution in [0.4, 0.5) is 13.2 Å². The number of aromatic nitrogens is 1. The third-order valence-corrected chi connectivity index (χ3v) is 4.42. The van der Waals surface area contributed by atoms with Crippen molar-refractivity contribution in [1.29, 1.82) is 0 Å². The Bertz CT molecular complexity index is 857. The molecule has 1 fully saturated rings. The van der Waals surface area contributed by atoms with Crippen LogP contribution in [-0.4, -0.2) is 49.2 Å². The predicted molar refractivity (Wildman–Crippen MR) is 93.7 cm³/mol. The number of carbonyl (C=O) groups excluding carboxylic acids is 1. The van der Waals surface area contributed by atoms with Gasteiger partial charge in [-0.05, 0) is 18.2 Å². The summed E-state index contributed by atoms with van der Waals surface area (Å²) in [6.07, 6.45) is -3.38. The van der Waals surface area contributed by atoms with Gasteiger partial charge in [0, 0.05) is 25.2 Å². The second-order valence-corrected chi connectivity index (χ2v) is 6.20. The first-order valence-corrected chi connectivity index (χ1v) is 8.53. The molecule has 1 atom stereocenters. The average Bonchev–Trinajstić information content (AvgIpc) is 3.14. The molecule has 0 unspecified atom stereocenters.